The Balaban J connectivity index is 2.46. The summed E-state index contributed by atoms with van der Waals surface area (Å²) in [5, 5.41) is 19.5. The summed E-state index contributed by atoms with van der Waals surface area (Å²) in [6.07, 6.45) is 0.497. The zero-order chi connectivity index (χ0) is 13.3. The number of hydrogen-bond donors (Lipinski definition) is 2. The van der Waals surface area contributed by atoms with Crippen LogP contribution in [0.3, 0.4) is 0 Å². The number of carbonyl (C=O) groups is 2. The van der Waals surface area contributed by atoms with E-state index in [9.17, 15) is 9.59 Å². The quantitative estimate of drug-likeness (QED) is 0.753. The van der Waals surface area contributed by atoms with Gasteiger partial charge < -0.3 is 15.7 Å². The van der Waals surface area contributed by atoms with E-state index < -0.39 is 24.5 Å². The third-order valence-corrected chi connectivity index (χ3v) is 4.01. The fourth-order valence-electron chi connectivity index (χ4n) is 2.12. The number of nitrogens with zero attached hydrogens (tertiary/aromatic N) is 2. The van der Waals surface area contributed by atoms with Crippen LogP contribution in [0.25, 0.3) is 0 Å². The van der Waals surface area contributed by atoms with Gasteiger partial charge >= 0.3 is 0 Å². The van der Waals surface area contributed by atoms with Crippen LogP contribution in [0, 0.1) is 11.3 Å². The molecule has 1 aliphatic rings. The van der Waals surface area contributed by atoms with Crippen molar-refractivity contribution >= 4 is 23.2 Å². The highest BCUT2D eigenvalue weighted by atomic mass is 32.1. The molecule has 1 unspecified atom stereocenters. The molecular formula is C11H11N3O3S. The molecule has 0 aromatic carbocycles. The molecule has 2 rings (SSSR count). The minimum absolute atomic E-state index is 0.283. The van der Waals surface area contributed by atoms with Crippen LogP contribution >= 0.6 is 11.3 Å². The Morgan fingerprint density at radius 3 is 2.94 bits per heavy atom. The number of hydrogen-bond acceptors (Lipinski definition) is 5. The predicted molar refractivity (Wildman–Crippen MR) is 63.5 cm³/mol. The van der Waals surface area contributed by atoms with Crippen molar-refractivity contribution in [2.45, 2.75) is 12.5 Å². The van der Waals surface area contributed by atoms with Crippen LogP contribution in [0.2, 0.25) is 0 Å². The molecule has 3 N–H and O–H groups in total. The molecule has 1 atom stereocenters. The molecule has 1 aromatic rings. The van der Waals surface area contributed by atoms with Crippen molar-refractivity contribution in [3.8, 4) is 6.07 Å². The standard InChI is InChI=1S/C11H11N3O3S/c12-3-6-5-18-10-7(6)1-2-14(8(16)4-15)9(10)11(13)17/h5,9,15H,1-2,4H2,(H2,13,17). The topological polar surface area (TPSA) is 107 Å². The third-order valence-electron chi connectivity index (χ3n) is 2.93. The van der Waals surface area contributed by atoms with Gasteiger partial charge in [0.25, 0.3) is 0 Å². The summed E-state index contributed by atoms with van der Waals surface area (Å²) >= 11 is 1.25. The highest BCUT2D eigenvalue weighted by Gasteiger charge is 2.36. The number of amides is 2. The lowest BCUT2D eigenvalue weighted by atomic mass is 9.98. The van der Waals surface area contributed by atoms with Crippen LogP contribution in [0.5, 0.6) is 0 Å². The van der Waals surface area contributed by atoms with Gasteiger partial charge in [-0.3, -0.25) is 9.59 Å². The number of thiophene rings is 1. The van der Waals surface area contributed by atoms with E-state index in [1.54, 1.807) is 5.38 Å². The Morgan fingerprint density at radius 2 is 2.39 bits per heavy atom. The molecule has 94 valence electrons. The molecule has 7 heteroatoms. The zero-order valence-corrected chi connectivity index (χ0v) is 10.2. The van der Waals surface area contributed by atoms with Gasteiger partial charge in [0.15, 0.2) is 0 Å². The first kappa shape index (κ1) is 12.5. The van der Waals surface area contributed by atoms with Gasteiger partial charge in [-0.15, -0.1) is 11.3 Å². The molecule has 0 fully saturated rings. The maximum atomic E-state index is 11.6. The third kappa shape index (κ3) is 1.85. The molecule has 2 amide bonds. The first-order valence-electron chi connectivity index (χ1n) is 5.30. The number of nitriles is 1. The van der Waals surface area contributed by atoms with Crippen molar-refractivity contribution in [1.29, 1.82) is 5.26 Å². The summed E-state index contributed by atoms with van der Waals surface area (Å²) in [7, 11) is 0. The summed E-state index contributed by atoms with van der Waals surface area (Å²) in [5.74, 6) is -1.18. The molecular weight excluding hydrogens is 254 g/mol. The van der Waals surface area contributed by atoms with Crippen molar-refractivity contribution in [2.24, 2.45) is 5.73 Å². The number of nitrogens with two attached hydrogens (primary N) is 1. The molecule has 6 nitrogen and oxygen atoms in total. The Bertz CT molecular complexity index is 546. The maximum absolute atomic E-state index is 11.6. The minimum atomic E-state index is -0.875. The number of fused-ring (bicyclic) bond motifs is 1. The SMILES string of the molecule is N#Cc1csc2c1CCN(C(=O)CO)C2C(N)=O. The van der Waals surface area contributed by atoms with Crippen molar-refractivity contribution < 1.29 is 14.7 Å². The van der Waals surface area contributed by atoms with Gasteiger partial charge in [-0.2, -0.15) is 5.26 Å². The lowest BCUT2D eigenvalue weighted by Gasteiger charge is -2.33. The second-order valence-electron chi connectivity index (χ2n) is 3.90. The largest absolute Gasteiger partial charge is 0.387 e. The predicted octanol–water partition coefficient (Wildman–Crippen LogP) is -0.477. The second-order valence-corrected chi connectivity index (χ2v) is 4.82. The molecule has 0 aliphatic carbocycles. The van der Waals surface area contributed by atoms with E-state index in [-0.39, 0.29) is 6.54 Å². The lowest BCUT2D eigenvalue weighted by Crippen LogP contribution is -2.46. The number of aliphatic hydroxyl groups is 1. The van der Waals surface area contributed by atoms with Crippen molar-refractivity contribution in [2.75, 3.05) is 13.2 Å². The van der Waals surface area contributed by atoms with Gasteiger partial charge in [-0.05, 0) is 12.0 Å². The fraction of sp³-hybridized carbons (Fsp3) is 0.364. The second kappa shape index (κ2) is 4.76. The summed E-state index contributed by atoms with van der Waals surface area (Å²) in [5.41, 5.74) is 6.64. The van der Waals surface area contributed by atoms with Crippen LogP contribution in [0.15, 0.2) is 5.38 Å². The number of aliphatic hydroxyl groups excluding tert-OH is 1. The molecule has 18 heavy (non-hydrogen) atoms. The van der Waals surface area contributed by atoms with Gasteiger partial charge in [-0.1, -0.05) is 0 Å². The minimum Gasteiger partial charge on any atom is -0.387 e. The average Bonchev–Trinajstić information content (AvgIpc) is 2.79. The molecule has 2 heterocycles. The van der Waals surface area contributed by atoms with Crippen LogP contribution < -0.4 is 5.73 Å². The number of rotatable bonds is 2. The van der Waals surface area contributed by atoms with Gasteiger partial charge in [0.1, 0.15) is 18.7 Å². The first-order chi connectivity index (χ1) is 8.60. The Hall–Kier alpha value is -1.91. The van der Waals surface area contributed by atoms with E-state index in [2.05, 4.69) is 6.07 Å². The monoisotopic (exact) mass is 265 g/mol. The maximum Gasteiger partial charge on any atom is 0.249 e. The van der Waals surface area contributed by atoms with Gasteiger partial charge in [0.05, 0.1) is 5.56 Å². The first-order valence-corrected chi connectivity index (χ1v) is 6.18. The summed E-state index contributed by atoms with van der Waals surface area (Å²) in [6.45, 7) is -0.374. The van der Waals surface area contributed by atoms with Crippen molar-refractivity contribution in [1.82, 2.24) is 4.90 Å². The molecule has 0 bridgehead atoms. The smallest absolute Gasteiger partial charge is 0.249 e. The lowest BCUT2D eigenvalue weighted by molar-refractivity contribution is -0.142. The highest BCUT2D eigenvalue weighted by molar-refractivity contribution is 7.10. The molecule has 1 aliphatic heterocycles. The zero-order valence-electron chi connectivity index (χ0n) is 9.42. The van der Waals surface area contributed by atoms with Gasteiger partial charge in [-0.25, -0.2) is 0 Å². The van der Waals surface area contributed by atoms with Gasteiger partial charge in [0.2, 0.25) is 11.8 Å². The van der Waals surface area contributed by atoms with Crippen LogP contribution in [-0.2, 0) is 16.0 Å². The Labute approximate surface area is 107 Å². The van der Waals surface area contributed by atoms with E-state index in [0.29, 0.717) is 16.9 Å². The van der Waals surface area contributed by atoms with E-state index in [0.717, 1.165) is 5.56 Å². The average molecular weight is 265 g/mol. The van der Waals surface area contributed by atoms with Crippen molar-refractivity contribution in [3.63, 3.8) is 0 Å². The Morgan fingerprint density at radius 1 is 1.67 bits per heavy atom. The number of primary amides is 1. The normalized spacial score (nSPS) is 18.0. The summed E-state index contributed by atoms with van der Waals surface area (Å²) in [4.78, 5) is 25.0. The Kier molecular flexibility index (Phi) is 3.32. The van der Waals surface area contributed by atoms with E-state index in [1.807, 2.05) is 0 Å². The highest BCUT2D eigenvalue weighted by Crippen LogP contribution is 2.36. The van der Waals surface area contributed by atoms with E-state index in [4.69, 9.17) is 16.1 Å². The summed E-state index contributed by atoms with van der Waals surface area (Å²) < 4.78 is 0. The molecule has 0 saturated heterocycles. The van der Waals surface area contributed by atoms with Crippen LogP contribution in [0.1, 0.15) is 22.0 Å². The van der Waals surface area contributed by atoms with E-state index in [1.165, 1.54) is 16.2 Å². The van der Waals surface area contributed by atoms with E-state index >= 15 is 0 Å². The number of carbonyl (C=O) groups excluding carboxylic acids is 2. The molecule has 1 aromatic heterocycles. The van der Waals surface area contributed by atoms with Crippen molar-refractivity contribution in [3.05, 3.63) is 21.4 Å². The fourth-order valence-corrected chi connectivity index (χ4v) is 3.29. The molecule has 0 radical (unpaired) electrons. The van der Waals surface area contributed by atoms with Gasteiger partial charge in [0, 0.05) is 16.8 Å². The van der Waals surface area contributed by atoms with Crippen LogP contribution in [-0.4, -0.2) is 35.0 Å². The molecule has 0 spiro atoms. The molecule has 0 saturated carbocycles. The van der Waals surface area contributed by atoms with Crippen LogP contribution in [0.4, 0.5) is 0 Å². The summed E-state index contributed by atoms with van der Waals surface area (Å²) in [6, 6.07) is 1.18.